The molecule has 0 saturated heterocycles. The Labute approximate surface area is 208 Å². The van der Waals surface area contributed by atoms with Crippen LogP contribution in [0, 0.1) is 6.92 Å². The van der Waals surface area contributed by atoms with Gasteiger partial charge in [-0.25, -0.2) is 8.42 Å². The molecule has 0 aliphatic heterocycles. The number of aryl methyl sites for hydroxylation is 1. The topological polar surface area (TPSA) is 105 Å². The van der Waals surface area contributed by atoms with Crippen LogP contribution in [0.2, 0.25) is 0 Å². The van der Waals surface area contributed by atoms with Crippen molar-refractivity contribution in [2.75, 3.05) is 37.9 Å². The molecule has 2 amide bonds. The Hall–Kier alpha value is -3.27. The molecule has 9 nitrogen and oxygen atoms in total. The molecular formula is C25H35N3O6S. The van der Waals surface area contributed by atoms with Crippen LogP contribution in [-0.4, -0.2) is 64.7 Å². The van der Waals surface area contributed by atoms with Crippen molar-refractivity contribution in [1.29, 1.82) is 0 Å². The number of hydrogen-bond donors (Lipinski definition) is 1. The zero-order valence-electron chi connectivity index (χ0n) is 21.2. The number of anilines is 1. The lowest BCUT2D eigenvalue weighted by atomic mass is 10.1. The van der Waals surface area contributed by atoms with Crippen LogP contribution in [0.4, 0.5) is 5.69 Å². The molecule has 2 rings (SSSR count). The number of likely N-dealkylation sites (N-methyl/N-ethyl adjacent to an activating group) is 1. The zero-order chi connectivity index (χ0) is 26.2. The van der Waals surface area contributed by atoms with Crippen LogP contribution < -0.4 is 19.1 Å². The molecule has 0 fully saturated rings. The van der Waals surface area contributed by atoms with Gasteiger partial charge in [-0.05, 0) is 55.7 Å². The Balaban J connectivity index is 2.51. The van der Waals surface area contributed by atoms with Gasteiger partial charge in [0.05, 0.1) is 26.2 Å². The van der Waals surface area contributed by atoms with Crippen molar-refractivity contribution in [3.63, 3.8) is 0 Å². The maximum absolute atomic E-state index is 13.7. The van der Waals surface area contributed by atoms with Crippen LogP contribution in [0.1, 0.15) is 31.4 Å². The first-order valence-electron chi connectivity index (χ1n) is 11.4. The predicted molar refractivity (Wildman–Crippen MR) is 136 cm³/mol. The van der Waals surface area contributed by atoms with Gasteiger partial charge >= 0.3 is 0 Å². The molecule has 35 heavy (non-hydrogen) atoms. The highest BCUT2D eigenvalue weighted by Gasteiger charge is 2.32. The second kappa shape index (κ2) is 12.4. The van der Waals surface area contributed by atoms with Gasteiger partial charge in [-0.3, -0.25) is 13.9 Å². The molecule has 0 bridgehead atoms. The van der Waals surface area contributed by atoms with Gasteiger partial charge in [0.15, 0.2) is 0 Å². The van der Waals surface area contributed by atoms with Crippen molar-refractivity contribution in [2.45, 2.75) is 39.8 Å². The van der Waals surface area contributed by atoms with E-state index in [4.69, 9.17) is 9.47 Å². The van der Waals surface area contributed by atoms with Gasteiger partial charge in [0, 0.05) is 13.1 Å². The molecule has 0 aliphatic rings. The van der Waals surface area contributed by atoms with Gasteiger partial charge in [-0.1, -0.05) is 25.1 Å². The number of rotatable bonds is 12. The minimum Gasteiger partial charge on any atom is -0.497 e. The van der Waals surface area contributed by atoms with Gasteiger partial charge in [-0.2, -0.15) is 0 Å². The van der Waals surface area contributed by atoms with E-state index < -0.39 is 28.5 Å². The molecular weight excluding hydrogens is 470 g/mol. The molecule has 0 heterocycles. The van der Waals surface area contributed by atoms with Gasteiger partial charge in [0.25, 0.3) is 0 Å². The van der Waals surface area contributed by atoms with E-state index in [2.05, 4.69) is 5.32 Å². The number of amides is 2. The van der Waals surface area contributed by atoms with Gasteiger partial charge < -0.3 is 19.7 Å². The molecule has 2 aromatic rings. The molecule has 0 aromatic heterocycles. The number of ether oxygens (including phenoxy) is 2. The number of sulfonamides is 1. The summed E-state index contributed by atoms with van der Waals surface area (Å²) in [7, 11) is -0.872. The number of nitrogens with one attached hydrogen (secondary N) is 1. The van der Waals surface area contributed by atoms with Crippen molar-refractivity contribution < 1.29 is 27.5 Å². The monoisotopic (exact) mass is 505 g/mol. The van der Waals surface area contributed by atoms with E-state index >= 15 is 0 Å². The summed E-state index contributed by atoms with van der Waals surface area (Å²) in [6.45, 7) is 5.46. The third kappa shape index (κ3) is 7.35. The van der Waals surface area contributed by atoms with E-state index in [0.717, 1.165) is 21.7 Å². The van der Waals surface area contributed by atoms with Crippen LogP contribution in [0.15, 0.2) is 42.5 Å². The first-order chi connectivity index (χ1) is 16.5. The smallest absolute Gasteiger partial charge is 0.244 e. The van der Waals surface area contributed by atoms with E-state index in [0.29, 0.717) is 24.5 Å². The lowest BCUT2D eigenvalue weighted by Gasteiger charge is -2.33. The van der Waals surface area contributed by atoms with E-state index in [1.165, 1.54) is 12.0 Å². The third-order valence-electron chi connectivity index (χ3n) is 5.51. The fourth-order valence-corrected chi connectivity index (χ4v) is 4.61. The fraction of sp³-hybridized carbons (Fsp3) is 0.440. The molecule has 0 unspecified atom stereocenters. The van der Waals surface area contributed by atoms with Crippen LogP contribution in [0.25, 0.3) is 0 Å². The van der Waals surface area contributed by atoms with Crippen molar-refractivity contribution in [3.8, 4) is 11.5 Å². The lowest BCUT2D eigenvalue weighted by Crippen LogP contribution is -2.52. The number of methoxy groups -OCH3 is 2. The van der Waals surface area contributed by atoms with Crippen LogP contribution in [0.5, 0.6) is 11.5 Å². The quantitative estimate of drug-likeness (QED) is 0.476. The normalized spacial score (nSPS) is 11.9. The summed E-state index contributed by atoms with van der Waals surface area (Å²) < 4.78 is 37.3. The summed E-state index contributed by atoms with van der Waals surface area (Å²) in [5.74, 6) is 0.123. The van der Waals surface area contributed by atoms with Gasteiger partial charge in [-0.15, -0.1) is 0 Å². The average molecular weight is 506 g/mol. The highest BCUT2D eigenvalue weighted by atomic mass is 32.2. The van der Waals surface area contributed by atoms with E-state index in [1.807, 2.05) is 19.9 Å². The maximum atomic E-state index is 13.7. The molecule has 192 valence electrons. The second-order valence-corrected chi connectivity index (χ2v) is 10.0. The minimum atomic E-state index is -3.86. The highest BCUT2D eigenvalue weighted by Crippen LogP contribution is 2.31. The highest BCUT2D eigenvalue weighted by molar-refractivity contribution is 7.92. The Bertz CT molecular complexity index is 1140. The summed E-state index contributed by atoms with van der Waals surface area (Å²) in [6.07, 6.45) is 1.39. The summed E-state index contributed by atoms with van der Waals surface area (Å²) >= 11 is 0. The summed E-state index contributed by atoms with van der Waals surface area (Å²) in [5, 5.41) is 2.77. The SMILES string of the molecule is CCNC(=O)[C@@H](CC)N(Cc1cccc(OC)c1)C(=O)CN(c1cc(C)ccc1OC)S(C)(=O)=O. The Morgan fingerprint density at radius 1 is 1.06 bits per heavy atom. The Morgan fingerprint density at radius 3 is 2.34 bits per heavy atom. The molecule has 0 aliphatic carbocycles. The summed E-state index contributed by atoms with van der Waals surface area (Å²) in [6, 6.07) is 11.5. The second-order valence-electron chi connectivity index (χ2n) is 8.14. The predicted octanol–water partition coefficient (Wildman–Crippen LogP) is 2.72. The zero-order valence-corrected chi connectivity index (χ0v) is 22.0. The van der Waals surface area contributed by atoms with E-state index in [-0.39, 0.29) is 18.1 Å². The molecule has 1 atom stereocenters. The first-order valence-corrected chi connectivity index (χ1v) is 13.2. The maximum Gasteiger partial charge on any atom is 0.244 e. The summed E-state index contributed by atoms with van der Waals surface area (Å²) in [5.41, 5.74) is 1.82. The van der Waals surface area contributed by atoms with E-state index in [1.54, 1.807) is 50.4 Å². The molecule has 2 aromatic carbocycles. The Morgan fingerprint density at radius 2 is 1.77 bits per heavy atom. The number of nitrogens with zero attached hydrogens (tertiary/aromatic N) is 2. The van der Waals surface area contributed by atoms with Gasteiger partial charge in [0.2, 0.25) is 21.8 Å². The molecule has 10 heteroatoms. The molecule has 0 saturated carbocycles. The number of benzene rings is 2. The lowest BCUT2D eigenvalue weighted by molar-refractivity contribution is -0.140. The average Bonchev–Trinajstić information content (AvgIpc) is 2.81. The number of hydrogen-bond acceptors (Lipinski definition) is 6. The van der Waals surface area contributed by atoms with E-state index in [9.17, 15) is 18.0 Å². The summed E-state index contributed by atoms with van der Waals surface area (Å²) in [4.78, 5) is 28.0. The third-order valence-corrected chi connectivity index (χ3v) is 6.63. The minimum absolute atomic E-state index is 0.105. The van der Waals surface area contributed by atoms with Crippen molar-refractivity contribution in [2.24, 2.45) is 0 Å². The first kappa shape index (κ1) is 28.0. The number of carbonyl (C=O) groups is 2. The van der Waals surface area contributed by atoms with Crippen LogP contribution >= 0.6 is 0 Å². The fourth-order valence-electron chi connectivity index (χ4n) is 3.77. The van der Waals surface area contributed by atoms with Gasteiger partial charge in [0.1, 0.15) is 24.1 Å². The Kier molecular flexibility index (Phi) is 9.94. The van der Waals surface area contributed by atoms with Crippen molar-refractivity contribution in [3.05, 3.63) is 53.6 Å². The standard InChI is InChI=1S/C25H35N3O6S/c1-7-21(25(30)26-8-2)27(16-19-10-9-11-20(15-19)33-4)24(29)17-28(35(6,31)32)22-14-18(3)12-13-23(22)34-5/h9-15,21H,7-8,16-17H2,1-6H3,(H,26,30)/t21-/m1/s1. The molecule has 1 N–H and O–H groups in total. The largest absolute Gasteiger partial charge is 0.497 e. The molecule has 0 radical (unpaired) electrons. The number of carbonyl (C=O) groups excluding carboxylic acids is 2. The van der Waals surface area contributed by atoms with Crippen LogP contribution in [-0.2, 0) is 26.2 Å². The molecule has 0 spiro atoms. The van der Waals surface area contributed by atoms with Crippen LogP contribution in [0.3, 0.4) is 0 Å². The van der Waals surface area contributed by atoms with Crippen molar-refractivity contribution >= 4 is 27.5 Å². The van der Waals surface area contributed by atoms with Crippen molar-refractivity contribution in [1.82, 2.24) is 10.2 Å².